The minimum absolute atomic E-state index is 0.632. The van der Waals surface area contributed by atoms with Crippen LogP contribution < -0.4 is 0 Å². The molecular weight excluding hydrogens is 360 g/mol. The van der Waals surface area contributed by atoms with Crippen molar-refractivity contribution >= 4 is 0 Å². The number of fused-ring (bicyclic) bond motifs is 5. The Kier molecular flexibility index (Phi) is 5.27. The van der Waals surface area contributed by atoms with Crippen LogP contribution in [0.1, 0.15) is 119 Å². The van der Waals surface area contributed by atoms with Crippen LogP contribution in [0.3, 0.4) is 0 Å². The van der Waals surface area contributed by atoms with E-state index in [2.05, 4.69) is 48.5 Å². The van der Waals surface area contributed by atoms with E-state index in [1.165, 1.54) is 19.3 Å². The lowest BCUT2D eigenvalue weighted by Gasteiger charge is -2.61. The van der Waals surface area contributed by atoms with E-state index in [-0.39, 0.29) is 0 Å². The van der Waals surface area contributed by atoms with E-state index in [9.17, 15) is 0 Å². The number of hydrogen-bond donors (Lipinski definition) is 0. The molecule has 30 heavy (non-hydrogen) atoms. The van der Waals surface area contributed by atoms with Gasteiger partial charge in [-0.3, -0.25) is 0 Å². The summed E-state index contributed by atoms with van der Waals surface area (Å²) in [6, 6.07) is 0. The lowest BCUT2D eigenvalue weighted by atomic mass is 9.44. The molecule has 5 fully saturated rings. The van der Waals surface area contributed by atoms with Crippen LogP contribution in [-0.4, -0.2) is 0 Å². The molecule has 0 aromatic carbocycles. The summed E-state index contributed by atoms with van der Waals surface area (Å²) in [5.41, 5.74) is 1.99. The van der Waals surface area contributed by atoms with Crippen LogP contribution in [0.5, 0.6) is 0 Å². The van der Waals surface area contributed by atoms with E-state index in [0.29, 0.717) is 16.2 Å². The third kappa shape index (κ3) is 2.96. The highest BCUT2D eigenvalue weighted by atomic mass is 14.7. The first-order valence-corrected chi connectivity index (χ1v) is 14.1. The molecule has 0 heterocycles. The fraction of sp³-hybridized carbons (Fsp3) is 1.00. The van der Waals surface area contributed by atoms with Crippen molar-refractivity contribution in [3.8, 4) is 0 Å². The molecule has 5 saturated carbocycles. The van der Waals surface area contributed by atoms with Gasteiger partial charge in [-0.15, -0.1) is 0 Å². The first-order chi connectivity index (χ1) is 14.1. The average Bonchev–Trinajstić information content (AvgIpc) is 3.28. The maximum atomic E-state index is 2.78. The molecule has 0 aliphatic heterocycles. The van der Waals surface area contributed by atoms with Crippen molar-refractivity contribution in [1.82, 2.24) is 0 Å². The standard InChI is InChI=1S/C30H52/c1-19(2)21(4)30(7)18-27(30)20(3)24-13-14-25-23-12-11-22-10-8-9-16-28(22,5)26(23)15-17-29(24,25)6/h19-27H,8-18H2,1-7H3/t20-,21?,22+,23-,24+,25-,26-,27+,28-,29+,30+/m0/s1. The van der Waals surface area contributed by atoms with Gasteiger partial charge in [0.25, 0.3) is 0 Å². The molecule has 11 atom stereocenters. The van der Waals surface area contributed by atoms with Gasteiger partial charge in [0.1, 0.15) is 0 Å². The van der Waals surface area contributed by atoms with Crippen molar-refractivity contribution < 1.29 is 0 Å². The van der Waals surface area contributed by atoms with E-state index in [4.69, 9.17) is 0 Å². The van der Waals surface area contributed by atoms with Crippen LogP contribution in [0.25, 0.3) is 0 Å². The summed E-state index contributed by atoms with van der Waals surface area (Å²) in [5.74, 6) is 8.92. The quantitative estimate of drug-likeness (QED) is 0.432. The molecule has 0 saturated heterocycles. The summed E-state index contributed by atoms with van der Waals surface area (Å²) in [4.78, 5) is 0. The van der Waals surface area contributed by atoms with Crippen molar-refractivity contribution in [3.63, 3.8) is 0 Å². The van der Waals surface area contributed by atoms with Gasteiger partial charge in [-0.25, -0.2) is 0 Å². The Morgan fingerprint density at radius 1 is 0.667 bits per heavy atom. The van der Waals surface area contributed by atoms with E-state index in [1.807, 2.05) is 0 Å². The molecule has 1 unspecified atom stereocenters. The minimum atomic E-state index is 0.632. The number of rotatable bonds is 4. The van der Waals surface area contributed by atoms with Crippen LogP contribution in [0, 0.1) is 69.5 Å². The van der Waals surface area contributed by atoms with E-state index >= 15 is 0 Å². The Bertz CT molecular complexity index is 648. The largest absolute Gasteiger partial charge is 0.0625 e. The summed E-state index contributed by atoms with van der Waals surface area (Å²) in [7, 11) is 0. The molecule has 0 amide bonds. The first-order valence-electron chi connectivity index (χ1n) is 14.1. The van der Waals surface area contributed by atoms with Crippen molar-refractivity contribution in [2.24, 2.45) is 69.5 Å². The SMILES string of the molecule is CC(C)C(C)[C@@]1(C)C[C@@H]1[C@@H](C)[C@H]1CC[C@H]2[C@@H]3CC[C@H]4CCCC[C@]4(C)[C@H]3CC[C@]12C. The second-order valence-corrected chi connectivity index (χ2v) is 14.3. The summed E-state index contributed by atoms with van der Waals surface area (Å²) < 4.78 is 0. The molecule has 0 N–H and O–H groups in total. The van der Waals surface area contributed by atoms with Gasteiger partial charge in [-0.1, -0.05) is 61.3 Å². The van der Waals surface area contributed by atoms with E-state index in [1.54, 1.807) is 51.4 Å². The van der Waals surface area contributed by atoms with Crippen LogP contribution in [0.4, 0.5) is 0 Å². The zero-order valence-electron chi connectivity index (χ0n) is 21.5. The predicted octanol–water partition coefficient (Wildman–Crippen LogP) is 8.99. The Morgan fingerprint density at radius 3 is 2.13 bits per heavy atom. The van der Waals surface area contributed by atoms with Gasteiger partial charge in [0.05, 0.1) is 0 Å². The summed E-state index contributed by atoms with van der Waals surface area (Å²) >= 11 is 0. The molecule has 0 radical (unpaired) electrons. The van der Waals surface area contributed by atoms with Crippen LogP contribution in [-0.2, 0) is 0 Å². The molecule has 0 aromatic rings. The smallest absolute Gasteiger partial charge is 0.0264 e. The average molecular weight is 413 g/mol. The third-order valence-electron chi connectivity index (χ3n) is 13.3. The normalized spacial score (nSPS) is 54.8. The Labute approximate surface area is 188 Å². The van der Waals surface area contributed by atoms with E-state index < -0.39 is 0 Å². The highest BCUT2D eigenvalue weighted by molar-refractivity contribution is 5.12. The van der Waals surface area contributed by atoms with Gasteiger partial charge in [0, 0.05) is 0 Å². The highest BCUT2D eigenvalue weighted by Gasteiger charge is 2.64. The van der Waals surface area contributed by atoms with Crippen LogP contribution in [0.15, 0.2) is 0 Å². The number of hydrogen-bond acceptors (Lipinski definition) is 0. The Hall–Kier alpha value is 0. The van der Waals surface area contributed by atoms with Gasteiger partial charge in [0.2, 0.25) is 0 Å². The second kappa shape index (κ2) is 7.25. The highest BCUT2D eigenvalue weighted by Crippen LogP contribution is 2.71. The van der Waals surface area contributed by atoms with Gasteiger partial charge < -0.3 is 0 Å². The van der Waals surface area contributed by atoms with Gasteiger partial charge >= 0.3 is 0 Å². The zero-order chi connectivity index (χ0) is 21.5. The predicted molar refractivity (Wildman–Crippen MR) is 129 cm³/mol. The lowest BCUT2D eigenvalue weighted by molar-refractivity contribution is -0.115. The molecule has 0 bridgehead atoms. The van der Waals surface area contributed by atoms with Crippen molar-refractivity contribution in [3.05, 3.63) is 0 Å². The second-order valence-electron chi connectivity index (χ2n) is 14.3. The molecule has 5 aliphatic rings. The van der Waals surface area contributed by atoms with Crippen LogP contribution in [0.2, 0.25) is 0 Å². The molecule has 0 nitrogen and oxygen atoms in total. The molecule has 0 spiro atoms. The maximum Gasteiger partial charge on any atom is -0.0264 e. The molecule has 5 aliphatic carbocycles. The van der Waals surface area contributed by atoms with Crippen molar-refractivity contribution in [1.29, 1.82) is 0 Å². The first kappa shape index (κ1) is 21.8. The fourth-order valence-corrected chi connectivity index (χ4v) is 11.0. The molecule has 0 aromatic heterocycles. The Morgan fingerprint density at radius 2 is 1.40 bits per heavy atom. The lowest BCUT2D eigenvalue weighted by Crippen LogP contribution is -2.53. The van der Waals surface area contributed by atoms with E-state index in [0.717, 1.165) is 53.3 Å². The van der Waals surface area contributed by atoms with Gasteiger partial charge in [-0.05, 0) is 127 Å². The topological polar surface area (TPSA) is 0 Å². The molecule has 0 heteroatoms. The third-order valence-corrected chi connectivity index (χ3v) is 13.3. The van der Waals surface area contributed by atoms with Gasteiger partial charge in [0.15, 0.2) is 0 Å². The zero-order valence-corrected chi connectivity index (χ0v) is 21.5. The summed E-state index contributed by atoms with van der Waals surface area (Å²) in [6.45, 7) is 18.3. The molecule has 172 valence electrons. The maximum absolute atomic E-state index is 2.78. The van der Waals surface area contributed by atoms with Crippen LogP contribution >= 0.6 is 0 Å². The Balaban J connectivity index is 1.34. The summed E-state index contributed by atoms with van der Waals surface area (Å²) in [5, 5.41) is 0. The van der Waals surface area contributed by atoms with Crippen molar-refractivity contribution in [2.75, 3.05) is 0 Å². The molecule has 5 rings (SSSR count). The van der Waals surface area contributed by atoms with Crippen molar-refractivity contribution in [2.45, 2.75) is 119 Å². The van der Waals surface area contributed by atoms with Gasteiger partial charge in [-0.2, -0.15) is 0 Å². The molecular formula is C30H52. The minimum Gasteiger partial charge on any atom is -0.0625 e. The fourth-order valence-electron chi connectivity index (χ4n) is 11.0. The monoisotopic (exact) mass is 412 g/mol. The summed E-state index contributed by atoms with van der Waals surface area (Å²) in [6.07, 6.45) is 17.0.